The summed E-state index contributed by atoms with van der Waals surface area (Å²) in [6, 6.07) is 17.8. The van der Waals surface area contributed by atoms with E-state index in [0.717, 1.165) is 17.5 Å². The third kappa shape index (κ3) is 7.06. The average molecular weight is 505 g/mol. The maximum atomic E-state index is 13.5. The fraction of sp³-hybridized carbons (Fsp3) is 0.379. The Bertz CT molecular complexity index is 1130. The number of rotatable bonds is 11. The lowest BCUT2D eigenvalue weighted by Gasteiger charge is -2.29. The molecule has 2 amide bonds. The number of carbonyl (C=O) groups is 4. The summed E-state index contributed by atoms with van der Waals surface area (Å²) in [7, 11) is 0. The van der Waals surface area contributed by atoms with Gasteiger partial charge in [-0.05, 0) is 42.2 Å². The Balaban J connectivity index is 1.40. The Morgan fingerprint density at radius 3 is 2.22 bits per heavy atom. The molecule has 5 atom stereocenters. The quantitative estimate of drug-likeness (QED) is 0.359. The Morgan fingerprint density at radius 2 is 1.54 bits per heavy atom. The molecule has 0 aliphatic heterocycles. The third-order valence-corrected chi connectivity index (χ3v) is 6.95. The average Bonchev–Trinajstić information content (AvgIpc) is 3.51. The van der Waals surface area contributed by atoms with Gasteiger partial charge in [-0.1, -0.05) is 72.8 Å². The highest BCUT2D eigenvalue weighted by Crippen LogP contribution is 2.44. The molecule has 8 heteroatoms. The molecule has 4 rings (SSSR count). The largest absolute Gasteiger partial charge is 0.458 e. The number of aryl methyl sites for hydroxylation is 1. The molecule has 1 fully saturated rings. The number of Topliss-reactive ketones (excluding diaryl/α,β-unsaturated/α-hetero) is 1. The highest BCUT2D eigenvalue weighted by atomic mass is 16.5. The number of ketones is 1. The molecule has 2 aliphatic rings. The Hall–Kier alpha value is -3.94. The van der Waals surface area contributed by atoms with Crippen molar-refractivity contribution in [2.45, 2.75) is 44.9 Å². The first-order valence-corrected chi connectivity index (χ1v) is 12.6. The summed E-state index contributed by atoms with van der Waals surface area (Å²) in [4.78, 5) is 50.1. The minimum atomic E-state index is -0.819. The number of ether oxygens (including phenoxy) is 2. The van der Waals surface area contributed by atoms with Crippen molar-refractivity contribution in [2.24, 2.45) is 17.8 Å². The molecule has 0 radical (unpaired) electrons. The highest BCUT2D eigenvalue weighted by molar-refractivity contribution is 5.92. The minimum Gasteiger partial charge on any atom is -0.458 e. The van der Waals surface area contributed by atoms with Crippen LogP contribution < -0.4 is 10.6 Å². The van der Waals surface area contributed by atoms with Crippen LogP contribution in [-0.2, 0) is 36.9 Å². The highest BCUT2D eigenvalue weighted by Gasteiger charge is 2.49. The number of carbonyl (C=O) groups excluding carboxylic acids is 4. The Kier molecular flexibility index (Phi) is 8.72. The van der Waals surface area contributed by atoms with E-state index in [1.165, 1.54) is 6.92 Å². The van der Waals surface area contributed by atoms with Gasteiger partial charge in [-0.25, -0.2) is 4.79 Å². The zero-order chi connectivity index (χ0) is 26.2. The van der Waals surface area contributed by atoms with E-state index in [-0.39, 0.29) is 30.1 Å². The number of allylic oxidation sites excluding steroid dienone is 1. The predicted molar refractivity (Wildman–Crippen MR) is 136 cm³/mol. The summed E-state index contributed by atoms with van der Waals surface area (Å²) in [6.45, 7) is 0.963. The van der Waals surface area contributed by atoms with E-state index in [2.05, 4.69) is 10.6 Å². The first-order valence-electron chi connectivity index (χ1n) is 12.6. The molecule has 2 N–H and O–H groups in total. The molecule has 2 aromatic carbocycles. The van der Waals surface area contributed by atoms with Crippen LogP contribution >= 0.6 is 0 Å². The zero-order valence-electron chi connectivity index (χ0n) is 20.8. The second-order valence-corrected chi connectivity index (χ2v) is 9.54. The van der Waals surface area contributed by atoms with Gasteiger partial charge in [0.1, 0.15) is 6.61 Å². The normalized spacial score (nSPS) is 22.2. The molecule has 1 saturated carbocycles. The van der Waals surface area contributed by atoms with Crippen molar-refractivity contribution < 1.29 is 28.7 Å². The van der Waals surface area contributed by atoms with Crippen LogP contribution in [0.4, 0.5) is 4.79 Å². The molecule has 0 spiro atoms. The molecule has 2 aromatic rings. The molecule has 37 heavy (non-hydrogen) atoms. The van der Waals surface area contributed by atoms with Crippen LogP contribution in [-0.4, -0.2) is 42.4 Å². The van der Waals surface area contributed by atoms with Crippen molar-refractivity contribution >= 4 is 23.8 Å². The van der Waals surface area contributed by atoms with Gasteiger partial charge < -0.3 is 20.1 Å². The van der Waals surface area contributed by atoms with Crippen molar-refractivity contribution in [3.05, 3.63) is 83.9 Å². The smallest absolute Gasteiger partial charge is 0.407 e. The number of hydrogen-bond acceptors (Lipinski definition) is 6. The molecule has 2 bridgehead atoms. The number of fused-ring (bicyclic) bond motifs is 2. The SMILES string of the molecule is CC(=O)OCC(=O)[C@H](CCc1ccccc1)NC(=O)C1C2C=CC(C2)C1NC(=O)OCc1ccccc1. The second-order valence-electron chi connectivity index (χ2n) is 9.54. The molecule has 2 aliphatic carbocycles. The van der Waals surface area contributed by atoms with E-state index in [0.29, 0.717) is 12.8 Å². The van der Waals surface area contributed by atoms with Gasteiger partial charge in [0.2, 0.25) is 5.91 Å². The number of nitrogens with one attached hydrogen (secondary N) is 2. The fourth-order valence-electron chi connectivity index (χ4n) is 5.09. The lowest BCUT2D eigenvalue weighted by molar-refractivity contribution is -0.146. The van der Waals surface area contributed by atoms with Gasteiger partial charge >= 0.3 is 12.1 Å². The fourth-order valence-corrected chi connectivity index (χ4v) is 5.09. The molecule has 0 saturated heterocycles. The topological polar surface area (TPSA) is 111 Å². The Morgan fingerprint density at radius 1 is 0.892 bits per heavy atom. The first kappa shape index (κ1) is 26.1. The van der Waals surface area contributed by atoms with Crippen LogP contribution in [0.3, 0.4) is 0 Å². The van der Waals surface area contributed by atoms with Crippen LogP contribution in [0.1, 0.15) is 30.9 Å². The summed E-state index contributed by atoms with van der Waals surface area (Å²) in [5, 5.41) is 5.78. The van der Waals surface area contributed by atoms with E-state index in [4.69, 9.17) is 9.47 Å². The van der Waals surface area contributed by atoms with Crippen LogP contribution in [0, 0.1) is 17.8 Å². The van der Waals surface area contributed by atoms with Crippen molar-refractivity contribution in [1.82, 2.24) is 10.6 Å². The van der Waals surface area contributed by atoms with E-state index in [9.17, 15) is 19.2 Å². The number of hydrogen-bond donors (Lipinski definition) is 2. The molecule has 8 nitrogen and oxygen atoms in total. The second kappa shape index (κ2) is 12.3. The van der Waals surface area contributed by atoms with Crippen LogP contribution in [0.2, 0.25) is 0 Å². The maximum Gasteiger partial charge on any atom is 0.407 e. The minimum absolute atomic E-state index is 0.0181. The van der Waals surface area contributed by atoms with Crippen molar-refractivity contribution in [1.29, 1.82) is 0 Å². The van der Waals surface area contributed by atoms with Gasteiger partial charge in [0.15, 0.2) is 12.4 Å². The summed E-state index contributed by atoms with van der Waals surface area (Å²) < 4.78 is 10.3. The number of benzene rings is 2. The summed E-state index contributed by atoms with van der Waals surface area (Å²) in [5.41, 5.74) is 1.90. The summed E-state index contributed by atoms with van der Waals surface area (Å²) in [6.07, 6.45) is 5.12. The lowest BCUT2D eigenvalue weighted by Crippen LogP contribution is -2.52. The zero-order valence-corrected chi connectivity index (χ0v) is 20.8. The van der Waals surface area contributed by atoms with E-state index < -0.39 is 36.7 Å². The molecule has 194 valence electrons. The van der Waals surface area contributed by atoms with Gasteiger partial charge in [0, 0.05) is 6.92 Å². The Labute approximate surface area is 216 Å². The van der Waals surface area contributed by atoms with E-state index in [1.54, 1.807) is 0 Å². The first-order chi connectivity index (χ1) is 17.9. The van der Waals surface area contributed by atoms with E-state index in [1.807, 2.05) is 72.8 Å². The van der Waals surface area contributed by atoms with Crippen molar-refractivity contribution in [2.75, 3.05) is 6.61 Å². The van der Waals surface area contributed by atoms with Crippen molar-refractivity contribution in [3.63, 3.8) is 0 Å². The molecule has 0 heterocycles. The van der Waals surface area contributed by atoms with Crippen LogP contribution in [0.25, 0.3) is 0 Å². The number of esters is 1. The maximum absolute atomic E-state index is 13.5. The van der Waals surface area contributed by atoms with E-state index >= 15 is 0 Å². The van der Waals surface area contributed by atoms with Gasteiger partial charge in [-0.3, -0.25) is 14.4 Å². The van der Waals surface area contributed by atoms with Gasteiger partial charge in [-0.2, -0.15) is 0 Å². The lowest BCUT2D eigenvalue weighted by atomic mass is 9.87. The summed E-state index contributed by atoms with van der Waals surface area (Å²) >= 11 is 0. The number of amides is 2. The molecule has 4 unspecified atom stereocenters. The van der Waals surface area contributed by atoms with Gasteiger partial charge in [0.25, 0.3) is 0 Å². The third-order valence-electron chi connectivity index (χ3n) is 6.95. The van der Waals surface area contributed by atoms with Crippen LogP contribution in [0.15, 0.2) is 72.8 Å². The monoisotopic (exact) mass is 504 g/mol. The molecular weight excluding hydrogens is 472 g/mol. The van der Waals surface area contributed by atoms with Crippen LogP contribution in [0.5, 0.6) is 0 Å². The van der Waals surface area contributed by atoms with Gasteiger partial charge in [0.05, 0.1) is 18.0 Å². The molecular formula is C29H32N2O6. The number of alkyl carbamates (subject to hydrolysis) is 1. The predicted octanol–water partition coefficient (Wildman–Crippen LogP) is 3.35. The standard InChI is InChI=1S/C29H32N2O6/c1-19(32)36-18-25(33)24(15-12-20-8-4-2-5-9-20)30-28(34)26-22-13-14-23(16-22)27(26)31-29(35)37-17-21-10-6-3-7-11-21/h2-11,13-14,22-24,26-27H,12,15-18H2,1H3,(H,30,34)(H,31,35)/t22?,23?,24-,26?,27?/m0/s1. The van der Waals surface area contributed by atoms with Gasteiger partial charge in [-0.15, -0.1) is 0 Å². The van der Waals surface area contributed by atoms with Crippen molar-refractivity contribution in [3.8, 4) is 0 Å². The molecule has 0 aromatic heterocycles. The summed E-state index contributed by atoms with van der Waals surface area (Å²) in [5.74, 6) is -1.78.